The van der Waals surface area contributed by atoms with Crippen LogP contribution in [0.3, 0.4) is 0 Å². The second-order valence-electron chi connectivity index (χ2n) is 6.85. The zero-order valence-electron chi connectivity index (χ0n) is 14.3. The fraction of sp³-hybridized carbons (Fsp3) is 0.588. The van der Waals surface area contributed by atoms with Gasteiger partial charge in [-0.3, -0.25) is 0 Å². The molecule has 0 spiro atoms. The zero-order valence-corrected chi connectivity index (χ0v) is 15.9. The number of rotatable bonds is 4. The molecule has 0 saturated carbocycles. The predicted octanol–water partition coefficient (Wildman–Crippen LogP) is 3.15. The molecule has 1 heterocycles. The number of anilines is 1. The lowest BCUT2D eigenvalue weighted by Gasteiger charge is -2.32. The van der Waals surface area contributed by atoms with Gasteiger partial charge in [0.1, 0.15) is 0 Å². The van der Waals surface area contributed by atoms with Crippen molar-refractivity contribution >= 4 is 32.9 Å². The Morgan fingerprint density at radius 3 is 2.65 bits per heavy atom. The van der Waals surface area contributed by atoms with E-state index in [1.807, 2.05) is 13.8 Å². The van der Waals surface area contributed by atoms with Gasteiger partial charge in [0.25, 0.3) is 0 Å². The number of aryl methyl sites for hydroxylation is 2. The van der Waals surface area contributed by atoms with Gasteiger partial charge in [0.15, 0.2) is 14.9 Å². The van der Waals surface area contributed by atoms with Gasteiger partial charge in [0.05, 0.1) is 11.5 Å². The largest absolute Gasteiger partial charge is 0.345 e. The van der Waals surface area contributed by atoms with Gasteiger partial charge >= 0.3 is 0 Å². The SMILES string of the molecule is Cc1ccc(C)c(NC(=S)N(CC(C)C)[C@H]2CCS(=O)(=O)C2)c1. The molecule has 0 unspecified atom stereocenters. The maximum Gasteiger partial charge on any atom is 0.173 e. The van der Waals surface area contributed by atoms with Gasteiger partial charge in [-0.2, -0.15) is 0 Å². The molecule has 2 rings (SSSR count). The van der Waals surface area contributed by atoms with Crippen molar-refractivity contribution in [1.82, 2.24) is 4.90 Å². The molecule has 1 fully saturated rings. The molecule has 1 N–H and O–H groups in total. The minimum Gasteiger partial charge on any atom is -0.345 e. The van der Waals surface area contributed by atoms with Crippen LogP contribution in [0.25, 0.3) is 0 Å². The predicted molar refractivity (Wildman–Crippen MR) is 101 cm³/mol. The highest BCUT2D eigenvalue weighted by molar-refractivity contribution is 7.91. The van der Waals surface area contributed by atoms with Gasteiger partial charge in [-0.05, 0) is 55.6 Å². The Hall–Kier alpha value is -1.14. The Bertz CT molecular complexity index is 684. The first-order valence-electron chi connectivity index (χ1n) is 8.03. The molecule has 0 amide bonds. The Morgan fingerprint density at radius 2 is 2.09 bits per heavy atom. The van der Waals surface area contributed by atoms with E-state index in [1.165, 1.54) is 5.56 Å². The van der Waals surface area contributed by atoms with E-state index in [1.54, 1.807) is 0 Å². The minimum atomic E-state index is -2.93. The standard InChI is InChI=1S/C17H26N2O2S2/c1-12(2)10-19(15-7-8-23(20,21)11-15)17(22)18-16-9-13(3)5-6-14(16)4/h5-6,9,12,15H,7-8,10-11H2,1-4H3,(H,18,22)/t15-/m0/s1. The number of sulfone groups is 1. The maximum atomic E-state index is 11.8. The van der Waals surface area contributed by atoms with Crippen LogP contribution in [0.4, 0.5) is 5.69 Å². The van der Waals surface area contributed by atoms with E-state index in [0.717, 1.165) is 17.8 Å². The summed E-state index contributed by atoms with van der Waals surface area (Å²) in [6.07, 6.45) is 0.656. The molecule has 0 aromatic heterocycles. The van der Waals surface area contributed by atoms with Crippen LogP contribution in [0.1, 0.15) is 31.4 Å². The van der Waals surface area contributed by atoms with Crippen molar-refractivity contribution < 1.29 is 8.42 Å². The van der Waals surface area contributed by atoms with Crippen molar-refractivity contribution in [3.8, 4) is 0 Å². The minimum absolute atomic E-state index is 0.0208. The normalized spacial score (nSPS) is 19.8. The fourth-order valence-electron chi connectivity index (χ4n) is 2.87. The third kappa shape index (κ3) is 4.91. The van der Waals surface area contributed by atoms with Crippen molar-refractivity contribution in [2.75, 3.05) is 23.4 Å². The topological polar surface area (TPSA) is 49.4 Å². The van der Waals surface area contributed by atoms with Crippen molar-refractivity contribution in [2.24, 2.45) is 5.92 Å². The Balaban J connectivity index is 2.18. The molecule has 23 heavy (non-hydrogen) atoms. The molecule has 1 aliphatic heterocycles. The van der Waals surface area contributed by atoms with Crippen LogP contribution in [0.2, 0.25) is 0 Å². The van der Waals surface area contributed by atoms with Gasteiger partial charge in [0, 0.05) is 18.3 Å². The third-order valence-corrected chi connectivity index (χ3v) is 6.19. The molecule has 1 aliphatic rings. The van der Waals surface area contributed by atoms with Crippen LogP contribution >= 0.6 is 12.2 Å². The van der Waals surface area contributed by atoms with Crippen LogP contribution in [0, 0.1) is 19.8 Å². The van der Waals surface area contributed by atoms with Crippen molar-refractivity contribution in [1.29, 1.82) is 0 Å². The number of hydrogen-bond acceptors (Lipinski definition) is 3. The summed E-state index contributed by atoms with van der Waals surface area (Å²) in [6.45, 7) is 9.09. The molecule has 0 radical (unpaired) electrons. The van der Waals surface area contributed by atoms with E-state index in [9.17, 15) is 8.42 Å². The van der Waals surface area contributed by atoms with Gasteiger partial charge in [0.2, 0.25) is 0 Å². The van der Waals surface area contributed by atoms with Crippen LogP contribution in [0.15, 0.2) is 18.2 Å². The highest BCUT2D eigenvalue weighted by Crippen LogP contribution is 2.22. The number of nitrogens with zero attached hydrogens (tertiary/aromatic N) is 1. The Kier molecular flexibility index (Phi) is 5.68. The number of thiocarbonyl (C=S) groups is 1. The highest BCUT2D eigenvalue weighted by atomic mass is 32.2. The van der Waals surface area contributed by atoms with Crippen molar-refractivity contribution in [3.63, 3.8) is 0 Å². The molecular formula is C17H26N2O2S2. The van der Waals surface area contributed by atoms with E-state index in [0.29, 0.717) is 17.5 Å². The molecule has 1 saturated heterocycles. The lowest BCUT2D eigenvalue weighted by Crippen LogP contribution is -2.45. The lowest BCUT2D eigenvalue weighted by atomic mass is 10.1. The van der Waals surface area contributed by atoms with Gasteiger partial charge in [-0.1, -0.05) is 26.0 Å². The summed E-state index contributed by atoms with van der Waals surface area (Å²) in [5.74, 6) is 0.879. The second-order valence-corrected chi connectivity index (χ2v) is 9.47. The first-order valence-corrected chi connectivity index (χ1v) is 10.3. The van der Waals surface area contributed by atoms with Gasteiger partial charge in [-0.15, -0.1) is 0 Å². The first kappa shape index (κ1) is 18.2. The van der Waals surface area contributed by atoms with Crippen molar-refractivity contribution in [3.05, 3.63) is 29.3 Å². The van der Waals surface area contributed by atoms with Crippen LogP contribution in [-0.2, 0) is 9.84 Å². The van der Waals surface area contributed by atoms with E-state index in [-0.39, 0.29) is 17.5 Å². The first-order chi connectivity index (χ1) is 10.7. The van der Waals surface area contributed by atoms with E-state index >= 15 is 0 Å². The van der Waals surface area contributed by atoms with E-state index < -0.39 is 9.84 Å². The van der Waals surface area contributed by atoms with Crippen LogP contribution < -0.4 is 5.32 Å². The second kappa shape index (κ2) is 7.18. The van der Waals surface area contributed by atoms with E-state index in [2.05, 4.69) is 42.3 Å². The Labute approximate surface area is 145 Å². The quantitative estimate of drug-likeness (QED) is 0.842. The summed E-state index contributed by atoms with van der Waals surface area (Å²) < 4.78 is 23.6. The average molecular weight is 355 g/mol. The summed E-state index contributed by atoms with van der Waals surface area (Å²) in [5, 5.41) is 3.94. The average Bonchev–Trinajstić information content (AvgIpc) is 2.80. The summed E-state index contributed by atoms with van der Waals surface area (Å²) in [6, 6.07) is 6.18. The zero-order chi connectivity index (χ0) is 17.2. The smallest absolute Gasteiger partial charge is 0.173 e. The summed E-state index contributed by atoms with van der Waals surface area (Å²) >= 11 is 5.61. The van der Waals surface area contributed by atoms with Crippen LogP contribution in [0.5, 0.6) is 0 Å². The molecule has 1 aromatic carbocycles. The van der Waals surface area contributed by atoms with Crippen molar-refractivity contribution in [2.45, 2.75) is 40.2 Å². The maximum absolute atomic E-state index is 11.8. The molecule has 1 aromatic rings. The number of benzene rings is 1. The van der Waals surface area contributed by atoms with E-state index in [4.69, 9.17) is 12.2 Å². The molecule has 6 heteroatoms. The lowest BCUT2D eigenvalue weighted by molar-refractivity contribution is 0.303. The summed E-state index contributed by atoms with van der Waals surface area (Å²) in [4.78, 5) is 2.06. The fourth-order valence-corrected chi connectivity index (χ4v) is 4.93. The number of hydrogen-bond donors (Lipinski definition) is 1. The van der Waals surface area contributed by atoms with Gasteiger partial charge < -0.3 is 10.2 Å². The molecule has 4 nitrogen and oxygen atoms in total. The third-order valence-electron chi connectivity index (χ3n) is 4.11. The Morgan fingerprint density at radius 1 is 1.39 bits per heavy atom. The summed E-state index contributed by atoms with van der Waals surface area (Å²) in [5.41, 5.74) is 3.28. The van der Waals surface area contributed by atoms with Gasteiger partial charge in [-0.25, -0.2) is 8.42 Å². The summed E-state index contributed by atoms with van der Waals surface area (Å²) in [7, 11) is -2.93. The molecule has 0 bridgehead atoms. The van der Waals surface area contributed by atoms with Crippen LogP contribution in [-0.4, -0.2) is 42.5 Å². The molecule has 128 valence electrons. The highest BCUT2D eigenvalue weighted by Gasteiger charge is 2.33. The number of nitrogens with one attached hydrogen (secondary N) is 1. The molecular weight excluding hydrogens is 328 g/mol. The monoisotopic (exact) mass is 354 g/mol. The molecule has 0 aliphatic carbocycles. The molecule has 1 atom stereocenters.